The zero-order chi connectivity index (χ0) is 17.3. The number of hydrogen-bond donors (Lipinski definition) is 1. The van der Waals surface area contributed by atoms with Gasteiger partial charge in [-0.25, -0.2) is 0 Å². The summed E-state index contributed by atoms with van der Waals surface area (Å²) in [6, 6.07) is 15.6. The second-order valence-electron chi connectivity index (χ2n) is 7.40. The van der Waals surface area contributed by atoms with Gasteiger partial charge in [-0.3, -0.25) is 4.21 Å². The van der Waals surface area contributed by atoms with Crippen LogP contribution in [0.3, 0.4) is 0 Å². The van der Waals surface area contributed by atoms with Crippen LogP contribution in [0.4, 0.5) is 0 Å². The molecule has 23 heavy (non-hydrogen) atoms. The third kappa shape index (κ3) is 4.52. The highest BCUT2D eigenvalue weighted by atomic mass is 32.2. The lowest BCUT2D eigenvalue weighted by atomic mass is 9.85. The molecule has 1 N–H and O–H groups in total. The first-order valence-corrected chi connectivity index (χ1v) is 9.20. The van der Waals surface area contributed by atoms with Crippen molar-refractivity contribution >= 4 is 10.8 Å². The average Bonchev–Trinajstić information content (AvgIpc) is 2.46. The Kier molecular flexibility index (Phi) is 5.12. The van der Waals surface area contributed by atoms with E-state index in [2.05, 4.69) is 20.8 Å². The quantitative estimate of drug-likeness (QED) is 0.907. The third-order valence-corrected chi connectivity index (χ3v) is 5.69. The van der Waals surface area contributed by atoms with Crippen molar-refractivity contribution in [3.8, 4) is 0 Å². The molecule has 0 radical (unpaired) electrons. The molecule has 0 aliphatic rings. The summed E-state index contributed by atoms with van der Waals surface area (Å²) in [5.41, 5.74) is 2.11. The topological polar surface area (TPSA) is 37.3 Å². The Labute approximate surface area is 142 Å². The standard InChI is InChI=1S/C20H26O2S/c1-15-6-12-18(13-7-15)23(22)14-20(5,21)17-10-8-16(9-11-17)19(2,3)4/h6-13,21H,14H2,1-5H3/t20-,23?/m0/s1. The second kappa shape index (κ2) is 6.58. The van der Waals surface area contributed by atoms with Crippen LogP contribution in [-0.2, 0) is 21.8 Å². The van der Waals surface area contributed by atoms with Gasteiger partial charge in [0.25, 0.3) is 0 Å². The van der Waals surface area contributed by atoms with Crippen molar-refractivity contribution < 1.29 is 9.32 Å². The summed E-state index contributed by atoms with van der Waals surface area (Å²) >= 11 is 0. The summed E-state index contributed by atoms with van der Waals surface area (Å²) in [5, 5.41) is 10.8. The molecular formula is C20H26O2S. The largest absolute Gasteiger partial charge is 0.384 e. The van der Waals surface area contributed by atoms with E-state index in [1.807, 2.05) is 55.5 Å². The summed E-state index contributed by atoms with van der Waals surface area (Å²) in [6.07, 6.45) is 0. The normalized spacial score (nSPS) is 15.9. The first-order chi connectivity index (χ1) is 10.6. The Balaban J connectivity index is 2.17. The van der Waals surface area contributed by atoms with Crippen molar-refractivity contribution in [2.45, 2.75) is 50.5 Å². The highest BCUT2D eigenvalue weighted by Gasteiger charge is 2.27. The minimum Gasteiger partial charge on any atom is -0.384 e. The van der Waals surface area contributed by atoms with Crippen LogP contribution < -0.4 is 0 Å². The molecular weight excluding hydrogens is 304 g/mol. The lowest BCUT2D eigenvalue weighted by Gasteiger charge is -2.25. The van der Waals surface area contributed by atoms with Crippen LogP contribution >= 0.6 is 0 Å². The SMILES string of the molecule is Cc1ccc(S(=O)C[C@](C)(O)c2ccc(C(C)(C)C)cc2)cc1. The molecule has 0 fully saturated rings. The van der Waals surface area contributed by atoms with Crippen LogP contribution in [-0.4, -0.2) is 15.1 Å². The molecule has 0 saturated carbocycles. The molecule has 1 unspecified atom stereocenters. The molecule has 0 aliphatic carbocycles. The first-order valence-electron chi connectivity index (χ1n) is 7.88. The summed E-state index contributed by atoms with van der Waals surface area (Å²) < 4.78 is 12.5. The fraction of sp³-hybridized carbons (Fsp3) is 0.400. The van der Waals surface area contributed by atoms with Crippen molar-refractivity contribution in [1.82, 2.24) is 0 Å². The minimum atomic E-state index is -1.23. The van der Waals surface area contributed by atoms with E-state index < -0.39 is 16.4 Å². The molecule has 2 nitrogen and oxygen atoms in total. The minimum absolute atomic E-state index is 0.0785. The molecule has 124 valence electrons. The number of aliphatic hydroxyl groups is 1. The number of hydrogen-bond acceptors (Lipinski definition) is 2. The summed E-state index contributed by atoms with van der Waals surface area (Å²) in [5.74, 6) is 0.185. The molecule has 2 aromatic carbocycles. The molecule has 0 aromatic heterocycles. The summed E-state index contributed by atoms with van der Waals surface area (Å²) in [6.45, 7) is 10.2. The van der Waals surface area contributed by atoms with Crippen LogP contribution in [0.2, 0.25) is 0 Å². The predicted octanol–water partition coefficient (Wildman–Crippen LogP) is 4.31. The molecule has 2 aromatic rings. The highest BCUT2D eigenvalue weighted by Crippen LogP contribution is 2.28. The van der Waals surface area contributed by atoms with E-state index in [0.717, 1.165) is 16.0 Å². The molecule has 0 aliphatic heterocycles. The van der Waals surface area contributed by atoms with Crippen LogP contribution in [0.1, 0.15) is 44.4 Å². The Bertz CT molecular complexity index is 677. The van der Waals surface area contributed by atoms with E-state index in [4.69, 9.17) is 0 Å². The smallest absolute Gasteiger partial charge is 0.0986 e. The zero-order valence-electron chi connectivity index (χ0n) is 14.6. The predicted molar refractivity (Wildman–Crippen MR) is 97.2 cm³/mol. The van der Waals surface area contributed by atoms with Gasteiger partial charge in [0, 0.05) is 4.90 Å². The molecule has 2 rings (SSSR count). The molecule has 2 atom stereocenters. The van der Waals surface area contributed by atoms with Crippen LogP contribution in [0.25, 0.3) is 0 Å². The van der Waals surface area contributed by atoms with E-state index in [1.165, 1.54) is 5.56 Å². The van der Waals surface area contributed by atoms with Crippen LogP contribution in [0.5, 0.6) is 0 Å². The summed E-state index contributed by atoms with van der Waals surface area (Å²) in [4.78, 5) is 0.752. The molecule has 0 bridgehead atoms. The Morgan fingerprint density at radius 2 is 1.35 bits per heavy atom. The summed E-state index contributed by atoms with van der Waals surface area (Å²) in [7, 11) is -1.23. The highest BCUT2D eigenvalue weighted by molar-refractivity contribution is 7.85. The second-order valence-corrected chi connectivity index (χ2v) is 8.86. The van der Waals surface area contributed by atoms with Crippen molar-refractivity contribution in [3.63, 3.8) is 0 Å². The van der Waals surface area contributed by atoms with E-state index in [-0.39, 0.29) is 11.2 Å². The van der Waals surface area contributed by atoms with Gasteiger partial charge >= 0.3 is 0 Å². The molecule has 0 amide bonds. The molecule has 0 spiro atoms. The molecule has 0 heterocycles. The van der Waals surface area contributed by atoms with E-state index in [0.29, 0.717) is 0 Å². The van der Waals surface area contributed by atoms with Crippen molar-refractivity contribution in [1.29, 1.82) is 0 Å². The average molecular weight is 330 g/mol. The van der Waals surface area contributed by atoms with Gasteiger partial charge < -0.3 is 5.11 Å². The van der Waals surface area contributed by atoms with Gasteiger partial charge in [-0.1, -0.05) is 62.7 Å². The van der Waals surface area contributed by atoms with Gasteiger partial charge in [-0.05, 0) is 42.5 Å². The zero-order valence-corrected chi connectivity index (χ0v) is 15.4. The molecule has 3 heteroatoms. The number of rotatable bonds is 4. The van der Waals surface area contributed by atoms with Crippen molar-refractivity contribution in [3.05, 3.63) is 65.2 Å². The van der Waals surface area contributed by atoms with Crippen LogP contribution in [0.15, 0.2) is 53.4 Å². The van der Waals surface area contributed by atoms with Gasteiger partial charge in [0.05, 0.1) is 22.2 Å². The third-order valence-electron chi connectivity index (χ3n) is 4.07. The van der Waals surface area contributed by atoms with Gasteiger partial charge in [0.1, 0.15) is 0 Å². The maximum atomic E-state index is 12.5. The van der Waals surface area contributed by atoms with Crippen molar-refractivity contribution in [2.24, 2.45) is 0 Å². The maximum absolute atomic E-state index is 12.5. The van der Waals surface area contributed by atoms with E-state index in [1.54, 1.807) is 6.92 Å². The van der Waals surface area contributed by atoms with Gasteiger partial charge in [-0.2, -0.15) is 0 Å². The lowest BCUT2D eigenvalue weighted by Crippen LogP contribution is -2.29. The Morgan fingerprint density at radius 1 is 0.870 bits per heavy atom. The lowest BCUT2D eigenvalue weighted by molar-refractivity contribution is 0.0829. The van der Waals surface area contributed by atoms with Crippen molar-refractivity contribution in [2.75, 3.05) is 5.75 Å². The Hall–Kier alpha value is -1.45. The number of benzene rings is 2. The first kappa shape index (κ1) is 17.9. The van der Waals surface area contributed by atoms with E-state index in [9.17, 15) is 9.32 Å². The number of aryl methyl sites for hydroxylation is 1. The monoisotopic (exact) mass is 330 g/mol. The fourth-order valence-corrected chi connectivity index (χ4v) is 3.72. The molecule has 0 saturated heterocycles. The van der Waals surface area contributed by atoms with Gasteiger partial charge in [0.15, 0.2) is 0 Å². The maximum Gasteiger partial charge on any atom is 0.0986 e. The van der Waals surface area contributed by atoms with Gasteiger partial charge in [0.2, 0.25) is 0 Å². The van der Waals surface area contributed by atoms with Gasteiger partial charge in [-0.15, -0.1) is 0 Å². The fourth-order valence-electron chi connectivity index (χ4n) is 2.44. The van der Waals surface area contributed by atoms with E-state index >= 15 is 0 Å². The van der Waals surface area contributed by atoms with Crippen LogP contribution in [0, 0.1) is 6.92 Å². The Morgan fingerprint density at radius 3 is 1.83 bits per heavy atom.